The summed E-state index contributed by atoms with van der Waals surface area (Å²) < 4.78 is 1.62. The van der Waals surface area contributed by atoms with Crippen molar-refractivity contribution in [2.24, 2.45) is 7.05 Å². The maximum absolute atomic E-state index is 9.99. The lowest BCUT2D eigenvalue weighted by Crippen LogP contribution is -2.08. The number of aromatic nitrogens is 4. The van der Waals surface area contributed by atoms with E-state index in [2.05, 4.69) is 15.1 Å². The molecule has 2 aromatic rings. The zero-order valence-corrected chi connectivity index (χ0v) is 8.62. The molecular formula is C10H12N4O. The lowest BCUT2D eigenvalue weighted by Gasteiger charge is -2.09. The molecule has 1 atom stereocenters. The van der Waals surface area contributed by atoms with Gasteiger partial charge in [0.1, 0.15) is 6.10 Å². The van der Waals surface area contributed by atoms with Gasteiger partial charge in [0.15, 0.2) is 0 Å². The van der Waals surface area contributed by atoms with Gasteiger partial charge in [-0.1, -0.05) is 0 Å². The van der Waals surface area contributed by atoms with Crippen molar-refractivity contribution >= 4 is 0 Å². The maximum atomic E-state index is 9.99. The van der Waals surface area contributed by atoms with Crippen LogP contribution in [0, 0.1) is 6.92 Å². The van der Waals surface area contributed by atoms with Gasteiger partial charge < -0.3 is 5.11 Å². The van der Waals surface area contributed by atoms with Crippen LogP contribution >= 0.6 is 0 Å². The third-order valence-electron chi connectivity index (χ3n) is 2.22. The molecule has 2 heterocycles. The number of nitrogens with zero attached hydrogens (tertiary/aromatic N) is 4. The van der Waals surface area contributed by atoms with Gasteiger partial charge in [-0.15, -0.1) is 0 Å². The highest BCUT2D eigenvalue weighted by Gasteiger charge is 2.15. The highest BCUT2D eigenvalue weighted by Crippen LogP contribution is 2.17. The van der Waals surface area contributed by atoms with Crippen LogP contribution in [0.3, 0.4) is 0 Å². The van der Waals surface area contributed by atoms with E-state index >= 15 is 0 Å². The largest absolute Gasteiger partial charge is 0.380 e. The molecule has 1 unspecified atom stereocenters. The summed E-state index contributed by atoms with van der Waals surface area (Å²) >= 11 is 0. The fraction of sp³-hybridized carbons (Fsp3) is 0.300. The zero-order valence-electron chi connectivity index (χ0n) is 8.62. The molecule has 0 fully saturated rings. The minimum atomic E-state index is -0.773. The molecule has 15 heavy (non-hydrogen) atoms. The Morgan fingerprint density at radius 1 is 1.33 bits per heavy atom. The van der Waals surface area contributed by atoms with E-state index in [-0.39, 0.29) is 0 Å². The molecule has 78 valence electrons. The first-order chi connectivity index (χ1) is 7.18. The van der Waals surface area contributed by atoms with Crippen molar-refractivity contribution < 1.29 is 5.11 Å². The molecule has 0 spiro atoms. The van der Waals surface area contributed by atoms with Gasteiger partial charge in [0.25, 0.3) is 0 Å². The molecule has 2 rings (SSSR count). The lowest BCUT2D eigenvalue weighted by molar-refractivity contribution is 0.204. The molecule has 1 N–H and O–H groups in total. The summed E-state index contributed by atoms with van der Waals surface area (Å²) in [6.07, 6.45) is 4.08. The summed E-state index contributed by atoms with van der Waals surface area (Å²) in [6.45, 7) is 1.85. The summed E-state index contributed by atoms with van der Waals surface area (Å²) in [5.74, 6) is 0. The topological polar surface area (TPSA) is 63.8 Å². The molecule has 0 saturated heterocycles. The second kappa shape index (κ2) is 3.78. The molecule has 5 nitrogen and oxygen atoms in total. The SMILES string of the molecule is Cc1cnc(C(O)c2ccnn2C)cn1. The van der Waals surface area contributed by atoms with Gasteiger partial charge in [-0.25, -0.2) is 0 Å². The van der Waals surface area contributed by atoms with Crippen molar-refractivity contribution in [2.75, 3.05) is 0 Å². The van der Waals surface area contributed by atoms with E-state index in [1.54, 1.807) is 36.4 Å². The van der Waals surface area contributed by atoms with Crippen molar-refractivity contribution in [1.82, 2.24) is 19.7 Å². The molecule has 0 saturated carbocycles. The Balaban J connectivity index is 2.32. The third kappa shape index (κ3) is 1.87. The summed E-state index contributed by atoms with van der Waals surface area (Å²) in [4.78, 5) is 8.21. The highest BCUT2D eigenvalue weighted by atomic mass is 16.3. The van der Waals surface area contributed by atoms with Crippen LogP contribution in [0.4, 0.5) is 0 Å². The van der Waals surface area contributed by atoms with Gasteiger partial charge in [-0.2, -0.15) is 5.10 Å². The third-order valence-corrected chi connectivity index (χ3v) is 2.22. The first-order valence-electron chi connectivity index (χ1n) is 4.63. The normalized spacial score (nSPS) is 12.7. The number of aryl methyl sites for hydroxylation is 2. The average molecular weight is 204 g/mol. The van der Waals surface area contributed by atoms with E-state index in [1.165, 1.54) is 0 Å². The first-order valence-corrected chi connectivity index (χ1v) is 4.63. The summed E-state index contributed by atoms with van der Waals surface area (Å²) in [5.41, 5.74) is 2.06. The van der Waals surface area contributed by atoms with Gasteiger partial charge in [-0.05, 0) is 13.0 Å². The molecule has 0 aliphatic rings. The average Bonchev–Trinajstić information content (AvgIpc) is 2.65. The first kappa shape index (κ1) is 9.79. The van der Waals surface area contributed by atoms with E-state index in [1.807, 2.05) is 6.92 Å². The summed E-state index contributed by atoms with van der Waals surface area (Å²) in [5, 5.41) is 14.0. The molecule has 0 bridgehead atoms. The van der Waals surface area contributed by atoms with Crippen LogP contribution in [0.5, 0.6) is 0 Å². The van der Waals surface area contributed by atoms with Gasteiger partial charge in [0.2, 0.25) is 0 Å². The molecule has 0 aromatic carbocycles. The van der Waals surface area contributed by atoms with Gasteiger partial charge in [0.05, 0.1) is 23.3 Å². The molecule has 0 amide bonds. The van der Waals surface area contributed by atoms with E-state index in [0.717, 1.165) is 5.69 Å². The number of aliphatic hydroxyl groups is 1. The summed E-state index contributed by atoms with van der Waals surface area (Å²) in [6, 6.07) is 1.76. The predicted octanol–water partition coefficient (Wildman–Crippen LogP) is 0.600. The molecule has 5 heteroatoms. The Morgan fingerprint density at radius 2 is 2.13 bits per heavy atom. The van der Waals surface area contributed by atoms with Crippen LogP contribution < -0.4 is 0 Å². The Kier molecular flexibility index (Phi) is 2.47. The Labute approximate surface area is 87.4 Å². The van der Waals surface area contributed by atoms with Crippen LogP contribution in [0.15, 0.2) is 24.7 Å². The number of hydrogen-bond acceptors (Lipinski definition) is 4. The minimum Gasteiger partial charge on any atom is -0.380 e. The Morgan fingerprint density at radius 3 is 2.67 bits per heavy atom. The monoisotopic (exact) mass is 204 g/mol. The molecule has 2 aromatic heterocycles. The predicted molar refractivity (Wildman–Crippen MR) is 54.0 cm³/mol. The summed E-state index contributed by atoms with van der Waals surface area (Å²) in [7, 11) is 1.78. The minimum absolute atomic E-state index is 0.532. The fourth-order valence-corrected chi connectivity index (χ4v) is 1.35. The standard InChI is InChI=1S/C10H12N4O/c1-7-5-12-8(6-11-7)10(15)9-3-4-13-14(9)2/h3-6,10,15H,1-2H3. The second-order valence-corrected chi connectivity index (χ2v) is 3.36. The Bertz CT molecular complexity index is 449. The van der Waals surface area contributed by atoms with Crippen LogP contribution in [0.2, 0.25) is 0 Å². The number of aliphatic hydroxyl groups excluding tert-OH is 1. The van der Waals surface area contributed by atoms with Gasteiger partial charge >= 0.3 is 0 Å². The van der Waals surface area contributed by atoms with Crippen molar-refractivity contribution in [1.29, 1.82) is 0 Å². The molecule has 0 radical (unpaired) electrons. The quantitative estimate of drug-likeness (QED) is 0.778. The van der Waals surface area contributed by atoms with Crippen LogP contribution in [0.1, 0.15) is 23.2 Å². The maximum Gasteiger partial charge on any atom is 0.139 e. The number of rotatable bonds is 2. The van der Waals surface area contributed by atoms with E-state index in [4.69, 9.17) is 0 Å². The molecule has 0 aliphatic carbocycles. The second-order valence-electron chi connectivity index (χ2n) is 3.36. The number of hydrogen-bond donors (Lipinski definition) is 1. The van der Waals surface area contributed by atoms with Crippen molar-refractivity contribution in [2.45, 2.75) is 13.0 Å². The Hall–Kier alpha value is -1.75. The lowest BCUT2D eigenvalue weighted by atomic mass is 10.2. The van der Waals surface area contributed by atoms with E-state index < -0.39 is 6.10 Å². The molecular weight excluding hydrogens is 192 g/mol. The van der Waals surface area contributed by atoms with Gasteiger partial charge in [-0.3, -0.25) is 14.6 Å². The van der Waals surface area contributed by atoms with E-state index in [9.17, 15) is 5.11 Å². The van der Waals surface area contributed by atoms with Crippen LogP contribution in [0.25, 0.3) is 0 Å². The van der Waals surface area contributed by atoms with Gasteiger partial charge in [0, 0.05) is 19.4 Å². The zero-order chi connectivity index (χ0) is 10.8. The van der Waals surface area contributed by atoms with Crippen molar-refractivity contribution in [3.8, 4) is 0 Å². The van der Waals surface area contributed by atoms with Crippen molar-refractivity contribution in [3.05, 3.63) is 41.7 Å². The van der Waals surface area contributed by atoms with Crippen LogP contribution in [-0.2, 0) is 7.05 Å². The molecule has 0 aliphatic heterocycles. The smallest absolute Gasteiger partial charge is 0.139 e. The van der Waals surface area contributed by atoms with Crippen molar-refractivity contribution in [3.63, 3.8) is 0 Å². The highest BCUT2D eigenvalue weighted by molar-refractivity contribution is 5.16. The van der Waals surface area contributed by atoms with E-state index in [0.29, 0.717) is 11.4 Å². The van der Waals surface area contributed by atoms with Crippen LogP contribution in [-0.4, -0.2) is 24.9 Å². The fourth-order valence-electron chi connectivity index (χ4n) is 1.35.